The van der Waals surface area contributed by atoms with Gasteiger partial charge in [-0.1, -0.05) is 47.5 Å². The lowest BCUT2D eigenvalue weighted by Crippen LogP contribution is -2.02. The van der Waals surface area contributed by atoms with Crippen molar-refractivity contribution >= 4 is 10.8 Å². The molecule has 0 aromatic heterocycles. The fourth-order valence-corrected chi connectivity index (χ4v) is 3.56. The smallest absolute Gasteiger partial charge is 0.0994 e. The van der Waals surface area contributed by atoms with Crippen LogP contribution in [0.4, 0.5) is 0 Å². The van der Waals surface area contributed by atoms with Crippen molar-refractivity contribution in [3.63, 3.8) is 0 Å². The van der Waals surface area contributed by atoms with Gasteiger partial charge in [0.1, 0.15) is 0 Å². The van der Waals surface area contributed by atoms with Crippen molar-refractivity contribution in [1.29, 1.82) is 5.26 Å². The van der Waals surface area contributed by atoms with Crippen LogP contribution in [0.5, 0.6) is 0 Å². The lowest BCUT2D eigenvalue weighted by molar-refractivity contribution is 0.682. The Balaban J connectivity index is 2.11. The molecule has 0 saturated carbocycles. The van der Waals surface area contributed by atoms with E-state index in [1.54, 1.807) is 6.07 Å². The first kappa shape index (κ1) is 14.5. The Kier molecular flexibility index (Phi) is 4.70. The molecular formula is C17H17NOS. The molecule has 1 atom stereocenters. The maximum atomic E-state index is 12.3. The van der Waals surface area contributed by atoms with Gasteiger partial charge >= 0.3 is 0 Å². The molecular weight excluding hydrogens is 266 g/mol. The van der Waals surface area contributed by atoms with Gasteiger partial charge in [0.2, 0.25) is 0 Å². The van der Waals surface area contributed by atoms with Gasteiger partial charge in [-0.3, -0.25) is 4.21 Å². The second-order valence-corrected chi connectivity index (χ2v) is 6.45. The topological polar surface area (TPSA) is 40.9 Å². The maximum absolute atomic E-state index is 12.3. The SMILES string of the molecule is Cc1cc(C)cc(CS(=O)Cc2ccccc2C#N)c1. The van der Waals surface area contributed by atoms with E-state index in [4.69, 9.17) is 5.26 Å². The summed E-state index contributed by atoms with van der Waals surface area (Å²) < 4.78 is 12.3. The summed E-state index contributed by atoms with van der Waals surface area (Å²) in [5.74, 6) is 0.957. The minimum Gasteiger partial charge on any atom is -0.259 e. The third kappa shape index (κ3) is 3.79. The molecule has 3 heteroatoms. The minimum atomic E-state index is -1.00. The minimum absolute atomic E-state index is 0.427. The lowest BCUT2D eigenvalue weighted by Gasteiger charge is -2.06. The summed E-state index contributed by atoms with van der Waals surface area (Å²) >= 11 is 0. The molecule has 0 saturated heterocycles. The average molecular weight is 283 g/mol. The van der Waals surface area contributed by atoms with Crippen LogP contribution in [0.1, 0.15) is 27.8 Å². The van der Waals surface area contributed by atoms with Crippen molar-refractivity contribution in [2.45, 2.75) is 25.4 Å². The Morgan fingerprint density at radius 1 is 1.05 bits per heavy atom. The summed E-state index contributed by atoms with van der Waals surface area (Å²) in [6.07, 6.45) is 0. The Labute approximate surface area is 122 Å². The molecule has 0 heterocycles. The molecule has 0 radical (unpaired) electrons. The van der Waals surface area contributed by atoms with E-state index in [2.05, 4.69) is 24.3 Å². The summed E-state index contributed by atoms with van der Waals surface area (Å²) in [5, 5.41) is 9.04. The monoisotopic (exact) mass is 283 g/mol. The highest BCUT2D eigenvalue weighted by Gasteiger charge is 2.07. The van der Waals surface area contributed by atoms with Crippen molar-refractivity contribution in [2.75, 3.05) is 0 Å². The molecule has 0 aliphatic carbocycles. The fraction of sp³-hybridized carbons (Fsp3) is 0.235. The summed E-state index contributed by atoms with van der Waals surface area (Å²) in [4.78, 5) is 0. The van der Waals surface area contributed by atoms with Crippen LogP contribution in [0.15, 0.2) is 42.5 Å². The Hall–Kier alpha value is -1.92. The zero-order valence-corrected chi connectivity index (χ0v) is 12.5. The van der Waals surface area contributed by atoms with Gasteiger partial charge < -0.3 is 0 Å². The normalized spacial score (nSPS) is 11.8. The van der Waals surface area contributed by atoms with Gasteiger partial charge in [-0.25, -0.2) is 0 Å². The highest BCUT2D eigenvalue weighted by molar-refractivity contribution is 7.83. The average Bonchev–Trinajstić information content (AvgIpc) is 2.37. The zero-order valence-electron chi connectivity index (χ0n) is 11.7. The molecule has 102 valence electrons. The molecule has 0 fully saturated rings. The first-order valence-corrected chi connectivity index (χ1v) is 7.97. The summed E-state index contributed by atoms with van der Waals surface area (Å²) in [7, 11) is -1.00. The van der Waals surface area contributed by atoms with Crippen LogP contribution in [-0.4, -0.2) is 4.21 Å². The number of nitriles is 1. The van der Waals surface area contributed by atoms with E-state index in [-0.39, 0.29) is 0 Å². The first-order valence-electron chi connectivity index (χ1n) is 6.48. The first-order chi connectivity index (χ1) is 9.58. The molecule has 2 aromatic rings. The Morgan fingerprint density at radius 2 is 1.70 bits per heavy atom. The number of rotatable bonds is 4. The summed E-state index contributed by atoms with van der Waals surface area (Å²) in [6, 6.07) is 15.7. The van der Waals surface area contributed by atoms with Gasteiger partial charge in [-0.05, 0) is 31.0 Å². The fourth-order valence-electron chi connectivity index (χ4n) is 2.32. The standard InChI is InChI=1S/C17H17NOS/c1-13-7-14(2)9-15(8-13)11-20(19)12-17-6-4-3-5-16(17)10-18/h3-9H,11-12H2,1-2H3. The molecule has 0 bridgehead atoms. The largest absolute Gasteiger partial charge is 0.259 e. The molecule has 20 heavy (non-hydrogen) atoms. The highest BCUT2D eigenvalue weighted by Crippen LogP contribution is 2.15. The Bertz CT molecular complexity index is 665. The number of nitrogens with zero attached hydrogens (tertiary/aromatic N) is 1. The van der Waals surface area contributed by atoms with Crippen molar-refractivity contribution < 1.29 is 4.21 Å². The maximum Gasteiger partial charge on any atom is 0.0994 e. The van der Waals surface area contributed by atoms with Crippen LogP contribution in [-0.2, 0) is 22.3 Å². The molecule has 0 aliphatic rings. The molecule has 2 aromatic carbocycles. The van der Waals surface area contributed by atoms with E-state index in [1.165, 1.54) is 11.1 Å². The van der Waals surface area contributed by atoms with Crippen LogP contribution in [0.25, 0.3) is 0 Å². The van der Waals surface area contributed by atoms with Gasteiger partial charge in [0.05, 0.1) is 17.4 Å². The number of benzene rings is 2. The zero-order chi connectivity index (χ0) is 14.5. The molecule has 0 spiro atoms. The third-order valence-corrected chi connectivity index (χ3v) is 4.35. The summed E-state index contributed by atoms with van der Waals surface area (Å²) in [6.45, 7) is 4.09. The second kappa shape index (κ2) is 6.49. The van der Waals surface area contributed by atoms with E-state index >= 15 is 0 Å². The van der Waals surface area contributed by atoms with Crippen molar-refractivity contribution in [3.05, 3.63) is 70.3 Å². The van der Waals surface area contributed by atoms with E-state index in [0.29, 0.717) is 17.1 Å². The van der Waals surface area contributed by atoms with Crippen LogP contribution in [0.3, 0.4) is 0 Å². The van der Waals surface area contributed by atoms with Gasteiger partial charge in [0, 0.05) is 16.6 Å². The van der Waals surface area contributed by atoms with Crippen LogP contribution in [0.2, 0.25) is 0 Å². The molecule has 2 nitrogen and oxygen atoms in total. The predicted octanol–water partition coefficient (Wildman–Crippen LogP) is 3.62. The van der Waals surface area contributed by atoms with Crippen LogP contribution < -0.4 is 0 Å². The molecule has 1 unspecified atom stereocenters. The van der Waals surface area contributed by atoms with Crippen LogP contribution >= 0.6 is 0 Å². The van der Waals surface area contributed by atoms with E-state index in [0.717, 1.165) is 11.1 Å². The number of aryl methyl sites for hydroxylation is 2. The van der Waals surface area contributed by atoms with Gasteiger partial charge in [0.15, 0.2) is 0 Å². The summed E-state index contributed by atoms with van der Waals surface area (Å²) in [5.41, 5.74) is 4.94. The van der Waals surface area contributed by atoms with Gasteiger partial charge in [-0.2, -0.15) is 5.26 Å². The van der Waals surface area contributed by atoms with Crippen LogP contribution in [0, 0.1) is 25.2 Å². The highest BCUT2D eigenvalue weighted by atomic mass is 32.2. The quantitative estimate of drug-likeness (QED) is 0.859. The second-order valence-electron chi connectivity index (χ2n) is 4.99. The van der Waals surface area contributed by atoms with Crippen molar-refractivity contribution in [1.82, 2.24) is 0 Å². The van der Waals surface area contributed by atoms with E-state index < -0.39 is 10.8 Å². The van der Waals surface area contributed by atoms with E-state index in [1.807, 2.05) is 32.0 Å². The Morgan fingerprint density at radius 3 is 2.35 bits per heavy atom. The van der Waals surface area contributed by atoms with Crippen molar-refractivity contribution in [2.24, 2.45) is 0 Å². The lowest BCUT2D eigenvalue weighted by atomic mass is 10.1. The van der Waals surface area contributed by atoms with Gasteiger partial charge in [0.25, 0.3) is 0 Å². The third-order valence-electron chi connectivity index (χ3n) is 3.06. The predicted molar refractivity (Wildman–Crippen MR) is 82.6 cm³/mol. The number of hydrogen-bond donors (Lipinski definition) is 0. The number of hydrogen-bond acceptors (Lipinski definition) is 2. The molecule has 0 N–H and O–H groups in total. The molecule has 0 amide bonds. The van der Waals surface area contributed by atoms with E-state index in [9.17, 15) is 4.21 Å². The molecule has 2 rings (SSSR count). The van der Waals surface area contributed by atoms with Gasteiger partial charge in [-0.15, -0.1) is 0 Å². The van der Waals surface area contributed by atoms with Crippen molar-refractivity contribution in [3.8, 4) is 6.07 Å². The molecule has 0 aliphatic heterocycles.